The Morgan fingerprint density at radius 1 is 1.40 bits per heavy atom. The van der Waals surface area contributed by atoms with Crippen molar-refractivity contribution in [2.45, 2.75) is 42.6 Å². The van der Waals surface area contributed by atoms with Crippen molar-refractivity contribution >= 4 is 11.8 Å². The third kappa shape index (κ3) is 2.67. The number of ether oxygens (including phenoxy) is 1. The fraction of sp³-hybridized carbons (Fsp3) is 1.00. The summed E-state index contributed by atoms with van der Waals surface area (Å²) in [4.78, 5) is 0. The van der Waals surface area contributed by atoms with E-state index in [2.05, 4.69) is 11.6 Å². The third-order valence-corrected chi connectivity index (χ3v) is 5.10. The average Bonchev–Trinajstić information content (AvgIpc) is 2.85. The number of aliphatic hydroxyl groups is 1. The van der Waals surface area contributed by atoms with E-state index >= 15 is 0 Å². The van der Waals surface area contributed by atoms with Crippen molar-refractivity contribution < 1.29 is 9.84 Å². The third-order valence-electron chi connectivity index (χ3n) is 3.68. The van der Waals surface area contributed by atoms with Crippen LogP contribution in [0.2, 0.25) is 0 Å². The molecule has 2 unspecified atom stereocenters. The van der Waals surface area contributed by atoms with Crippen molar-refractivity contribution in [1.82, 2.24) is 5.32 Å². The van der Waals surface area contributed by atoms with Crippen molar-refractivity contribution in [2.24, 2.45) is 0 Å². The minimum Gasteiger partial charge on any atom is -0.389 e. The summed E-state index contributed by atoms with van der Waals surface area (Å²) in [5, 5.41) is 13.1. The minimum atomic E-state index is -0.315. The van der Waals surface area contributed by atoms with Crippen LogP contribution in [0.15, 0.2) is 0 Å². The van der Waals surface area contributed by atoms with Crippen LogP contribution in [0.4, 0.5) is 0 Å². The largest absolute Gasteiger partial charge is 0.389 e. The number of rotatable bonds is 4. The molecule has 0 spiro atoms. The molecule has 1 aliphatic carbocycles. The van der Waals surface area contributed by atoms with Gasteiger partial charge in [0, 0.05) is 11.3 Å². The zero-order chi connectivity index (χ0) is 10.7. The van der Waals surface area contributed by atoms with Crippen LogP contribution in [0.3, 0.4) is 0 Å². The summed E-state index contributed by atoms with van der Waals surface area (Å²) in [6.45, 7) is 2.16. The monoisotopic (exact) mass is 231 g/mol. The van der Waals surface area contributed by atoms with E-state index in [1.165, 1.54) is 25.7 Å². The van der Waals surface area contributed by atoms with Gasteiger partial charge in [-0.3, -0.25) is 0 Å². The second kappa shape index (κ2) is 5.04. The summed E-state index contributed by atoms with van der Waals surface area (Å²) >= 11 is 1.98. The van der Waals surface area contributed by atoms with Gasteiger partial charge >= 0.3 is 0 Å². The van der Waals surface area contributed by atoms with Gasteiger partial charge in [0.2, 0.25) is 0 Å². The number of hydrogen-bond acceptors (Lipinski definition) is 4. The van der Waals surface area contributed by atoms with Crippen LogP contribution in [-0.4, -0.2) is 48.0 Å². The van der Waals surface area contributed by atoms with Crippen LogP contribution in [0.1, 0.15) is 25.7 Å². The summed E-state index contributed by atoms with van der Waals surface area (Å²) in [6.07, 6.45) is 7.22. The second-order valence-corrected chi connectivity index (χ2v) is 5.96. The van der Waals surface area contributed by atoms with E-state index in [4.69, 9.17) is 4.74 Å². The predicted molar refractivity (Wildman–Crippen MR) is 63.3 cm³/mol. The molecule has 15 heavy (non-hydrogen) atoms. The van der Waals surface area contributed by atoms with Gasteiger partial charge in [0.1, 0.15) is 0 Å². The van der Waals surface area contributed by atoms with Gasteiger partial charge in [-0.25, -0.2) is 0 Å². The molecule has 1 saturated carbocycles. The molecule has 88 valence electrons. The van der Waals surface area contributed by atoms with Crippen molar-refractivity contribution in [3.05, 3.63) is 0 Å². The van der Waals surface area contributed by atoms with Gasteiger partial charge in [-0.15, -0.1) is 0 Å². The summed E-state index contributed by atoms with van der Waals surface area (Å²) < 4.78 is 5.65. The van der Waals surface area contributed by atoms with E-state index in [-0.39, 0.29) is 12.1 Å². The van der Waals surface area contributed by atoms with E-state index in [0.29, 0.717) is 18.0 Å². The molecule has 2 atom stereocenters. The highest BCUT2D eigenvalue weighted by molar-refractivity contribution is 8.00. The molecule has 0 aromatic rings. The number of aliphatic hydroxyl groups excluding tert-OH is 1. The summed E-state index contributed by atoms with van der Waals surface area (Å²) in [7, 11) is 0. The van der Waals surface area contributed by atoms with Crippen molar-refractivity contribution in [3.63, 3.8) is 0 Å². The lowest BCUT2D eigenvalue weighted by molar-refractivity contribution is 0.122. The fourth-order valence-electron chi connectivity index (χ4n) is 2.53. The van der Waals surface area contributed by atoms with E-state index in [0.717, 1.165) is 6.54 Å². The first-order chi connectivity index (χ1) is 7.26. The molecule has 0 amide bonds. The molecule has 2 fully saturated rings. The molecule has 2 rings (SSSR count). The summed E-state index contributed by atoms with van der Waals surface area (Å²) in [6, 6.07) is 0.148. The van der Waals surface area contributed by atoms with Crippen molar-refractivity contribution in [3.8, 4) is 0 Å². The molecule has 2 N–H and O–H groups in total. The first-order valence-electron chi connectivity index (χ1n) is 5.80. The molecule has 0 radical (unpaired) electrons. The predicted octanol–water partition coefficient (Wildman–Crippen LogP) is 1.01. The van der Waals surface area contributed by atoms with Crippen LogP contribution >= 0.6 is 11.8 Å². The van der Waals surface area contributed by atoms with Crippen LogP contribution < -0.4 is 5.32 Å². The molecule has 0 aromatic heterocycles. The normalized spacial score (nSPS) is 34.8. The Balaban J connectivity index is 1.80. The first kappa shape index (κ1) is 11.7. The molecule has 0 bridgehead atoms. The number of hydrogen-bond donors (Lipinski definition) is 2. The lowest BCUT2D eigenvalue weighted by atomic mass is 10.1. The van der Waals surface area contributed by atoms with Gasteiger partial charge in [-0.05, 0) is 19.1 Å². The zero-order valence-corrected chi connectivity index (χ0v) is 10.2. The van der Waals surface area contributed by atoms with E-state index < -0.39 is 0 Å². The minimum absolute atomic E-state index is 0.148. The quantitative estimate of drug-likeness (QED) is 0.758. The highest BCUT2D eigenvalue weighted by Gasteiger charge is 2.35. The van der Waals surface area contributed by atoms with E-state index in [9.17, 15) is 5.11 Å². The Kier molecular flexibility index (Phi) is 3.93. The van der Waals surface area contributed by atoms with Crippen molar-refractivity contribution in [2.75, 3.05) is 26.0 Å². The second-order valence-electron chi connectivity index (χ2n) is 4.69. The molecule has 0 aromatic carbocycles. The molecule has 3 nitrogen and oxygen atoms in total. The Bertz CT molecular complexity index is 207. The summed E-state index contributed by atoms with van der Waals surface area (Å²) in [5.41, 5.74) is 0. The van der Waals surface area contributed by atoms with Gasteiger partial charge in [0.15, 0.2) is 0 Å². The topological polar surface area (TPSA) is 41.5 Å². The Labute approximate surface area is 96.0 Å². The van der Waals surface area contributed by atoms with Gasteiger partial charge in [0.05, 0.1) is 25.4 Å². The van der Waals surface area contributed by atoms with E-state index in [1.54, 1.807) is 0 Å². The lowest BCUT2D eigenvalue weighted by Crippen LogP contribution is -2.45. The highest BCUT2D eigenvalue weighted by atomic mass is 32.2. The maximum absolute atomic E-state index is 9.63. The smallest absolute Gasteiger partial charge is 0.0948 e. The maximum atomic E-state index is 9.63. The van der Waals surface area contributed by atoms with Gasteiger partial charge < -0.3 is 15.2 Å². The zero-order valence-electron chi connectivity index (χ0n) is 9.37. The van der Waals surface area contributed by atoms with Crippen molar-refractivity contribution in [1.29, 1.82) is 0 Å². The molecular weight excluding hydrogens is 210 g/mol. The molecule has 2 aliphatic rings. The van der Waals surface area contributed by atoms with Crippen LogP contribution in [0.5, 0.6) is 0 Å². The molecule has 1 heterocycles. The Hall–Kier alpha value is 0.230. The van der Waals surface area contributed by atoms with Crippen LogP contribution in [-0.2, 0) is 4.74 Å². The lowest BCUT2D eigenvalue weighted by Gasteiger charge is -2.29. The highest BCUT2D eigenvalue weighted by Crippen LogP contribution is 2.39. The number of nitrogens with one attached hydrogen (secondary N) is 1. The Morgan fingerprint density at radius 2 is 2.13 bits per heavy atom. The van der Waals surface area contributed by atoms with Crippen LogP contribution in [0.25, 0.3) is 0 Å². The SMILES string of the molecule is CSC1(CNC2COCC2O)CCCC1. The van der Waals surface area contributed by atoms with Crippen LogP contribution in [0, 0.1) is 0 Å². The van der Waals surface area contributed by atoms with E-state index in [1.807, 2.05) is 11.8 Å². The first-order valence-corrected chi connectivity index (χ1v) is 7.03. The molecule has 1 saturated heterocycles. The molecular formula is C11H21NO2S. The molecule has 1 aliphatic heterocycles. The van der Waals surface area contributed by atoms with Gasteiger partial charge in [-0.2, -0.15) is 11.8 Å². The van der Waals surface area contributed by atoms with Gasteiger partial charge in [0.25, 0.3) is 0 Å². The standard InChI is InChI=1S/C11H21NO2S/c1-15-11(4-2-3-5-11)8-12-9-6-14-7-10(9)13/h9-10,12-13H,2-8H2,1H3. The number of thioether (sulfide) groups is 1. The summed E-state index contributed by atoms with van der Waals surface area (Å²) in [5.74, 6) is 0. The molecule has 4 heteroatoms. The average molecular weight is 231 g/mol. The Morgan fingerprint density at radius 3 is 2.67 bits per heavy atom. The van der Waals surface area contributed by atoms with Gasteiger partial charge in [-0.1, -0.05) is 12.8 Å². The maximum Gasteiger partial charge on any atom is 0.0948 e. The fourth-order valence-corrected chi connectivity index (χ4v) is 3.45.